The minimum absolute atomic E-state index is 0.0574. The van der Waals surface area contributed by atoms with Gasteiger partial charge in [-0.05, 0) is 50.3 Å². The molecular weight excluding hydrogens is 234 g/mol. The van der Waals surface area contributed by atoms with E-state index >= 15 is 0 Å². The third-order valence-electron chi connectivity index (χ3n) is 4.28. The molecule has 0 radical (unpaired) electrons. The second kappa shape index (κ2) is 7.06. The molecule has 2 nitrogen and oxygen atoms in total. The first-order valence-electron chi connectivity index (χ1n) is 7.65. The first-order chi connectivity index (χ1) is 9.19. The summed E-state index contributed by atoms with van der Waals surface area (Å²) in [5.41, 5.74) is 2.84. The number of hydrogen-bond donors (Lipinski definition) is 1. The van der Waals surface area contributed by atoms with Crippen molar-refractivity contribution in [3.05, 3.63) is 35.4 Å². The SMILES string of the molecule is CCCc1ccc(CN(C)C2CCC(O)CC2)cc1. The van der Waals surface area contributed by atoms with Gasteiger partial charge in [0.25, 0.3) is 0 Å². The normalized spacial score (nSPS) is 23.8. The maximum absolute atomic E-state index is 9.56. The van der Waals surface area contributed by atoms with Crippen molar-refractivity contribution in [3.63, 3.8) is 0 Å². The number of aliphatic hydroxyl groups is 1. The zero-order chi connectivity index (χ0) is 13.7. The highest BCUT2D eigenvalue weighted by Crippen LogP contribution is 2.23. The molecule has 0 spiro atoms. The molecule has 1 N–H and O–H groups in total. The maximum Gasteiger partial charge on any atom is 0.0541 e. The molecule has 0 aromatic heterocycles. The summed E-state index contributed by atoms with van der Waals surface area (Å²) in [6.45, 7) is 3.24. The highest BCUT2D eigenvalue weighted by atomic mass is 16.3. The Kier molecular flexibility index (Phi) is 5.41. The molecule has 2 rings (SSSR count). The van der Waals surface area contributed by atoms with Gasteiger partial charge in [0.05, 0.1) is 6.10 Å². The van der Waals surface area contributed by atoms with Crippen molar-refractivity contribution in [1.29, 1.82) is 0 Å². The lowest BCUT2D eigenvalue weighted by Crippen LogP contribution is -2.35. The molecule has 106 valence electrons. The molecule has 2 heteroatoms. The molecule has 0 unspecified atom stereocenters. The van der Waals surface area contributed by atoms with Crippen LogP contribution in [-0.4, -0.2) is 29.2 Å². The minimum atomic E-state index is -0.0574. The fraction of sp³-hybridized carbons (Fsp3) is 0.647. The summed E-state index contributed by atoms with van der Waals surface area (Å²) in [6, 6.07) is 9.69. The fourth-order valence-electron chi connectivity index (χ4n) is 3.02. The third kappa shape index (κ3) is 4.32. The molecule has 0 saturated heterocycles. The van der Waals surface area contributed by atoms with Crippen molar-refractivity contribution in [2.24, 2.45) is 0 Å². The molecule has 1 aromatic carbocycles. The second-order valence-electron chi connectivity index (χ2n) is 5.94. The number of nitrogens with zero attached hydrogens (tertiary/aromatic N) is 1. The van der Waals surface area contributed by atoms with Crippen molar-refractivity contribution < 1.29 is 5.11 Å². The van der Waals surface area contributed by atoms with Crippen LogP contribution in [0.15, 0.2) is 24.3 Å². The van der Waals surface area contributed by atoms with Gasteiger partial charge < -0.3 is 5.11 Å². The summed E-state index contributed by atoms with van der Waals surface area (Å²) >= 11 is 0. The molecule has 1 aromatic rings. The smallest absolute Gasteiger partial charge is 0.0541 e. The highest BCUT2D eigenvalue weighted by Gasteiger charge is 2.22. The van der Waals surface area contributed by atoms with Crippen molar-refractivity contribution >= 4 is 0 Å². The Morgan fingerprint density at radius 1 is 1.05 bits per heavy atom. The number of rotatable bonds is 5. The number of hydrogen-bond acceptors (Lipinski definition) is 2. The van der Waals surface area contributed by atoms with Crippen molar-refractivity contribution in [2.75, 3.05) is 7.05 Å². The van der Waals surface area contributed by atoms with Crippen molar-refractivity contribution in [3.8, 4) is 0 Å². The van der Waals surface area contributed by atoms with Gasteiger partial charge in [-0.1, -0.05) is 37.6 Å². The Morgan fingerprint density at radius 2 is 1.63 bits per heavy atom. The van der Waals surface area contributed by atoms with E-state index in [1.807, 2.05) is 0 Å². The van der Waals surface area contributed by atoms with E-state index in [0.29, 0.717) is 6.04 Å². The molecule has 0 atom stereocenters. The van der Waals surface area contributed by atoms with Crippen LogP contribution >= 0.6 is 0 Å². The minimum Gasteiger partial charge on any atom is -0.393 e. The van der Waals surface area contributed by atoms with E-state index in [1.54, 1.807) is 0 Å². The highest BCUT2D eigenvalue weighted by molar-refractivity contribution is 5.22. The lowest BCUT2D eigenvalue weighted by molar-refractivity contribution is 0.0818. The molecule has 1 aliphatic rings. The average Bonchev–Trinajstić information content (AvgIpc) is 2.42. The van der Waals surface area contributed by atoms with Crippen LogP contribution < -0.4 is 0 Å². The van der Waals surface area contributed by atoms with Gasteiger partial charge in [0.1, 0.15) is 0 Å². The van der Waals surface area contributed by atoms with Crippen LogP contribution in [0.25, 0.3) is 0 Å². The van der Waals surface area contributed by atoms with E-state index in [0.717, 1.165) is 32.2 Å². The van der Waals surface area contributed by atoms with E-state index in [2.05, 4.69) is 43.1 Å². The molecule has 1 saturated carbocycles. The number of aryl methyl sites for hydroxylation is 1. The van der Waals surface area contributed by atoms with Gasteiger partial charge >= 0.3 is 0 Å². The Bertz CT molecular complexity index is 365. The predicted molar refractivity (Wildman–Crippen MR) is 80.2 cm³/mol. The van der Waals surface area contributed by atoms with Gasteiger partial charge in [0, 0.05) is 12.6 Å². The van der Waals surface area contributed by atoms with Crippen LogP contribution in [0.5, 0.6) is 0 Å². The van der Waals surface area contributed by atoms with Crippen LogP contribution in [0.4, 0.5) is 0 Å². The van der Waals surface area contributed by atoms with Crippen LogP contribution in [0, 0.1) is 0 Å². The monoisotopic (exact) mass is 261 g/mol. The van der Waals surface area contributed by atoms with Crippen LogP contribution in [0.2, 0.25) is 0 Å². The molecule has 1 aliphatic carbocycles. The Morgan fingerprint density at radius 3 is 2.21 bits per heavy atom. The summed E-state index contributed by atoms with van der Waals surface area (Å²) in [7, 11) is 2.21. The largest absolute Gasteiger partial charge is 0.393 e. The van der Waals surface area contributed by atoms with Gasteiger partial charge in [0.15, 0.2) is 0 Å². The third-order valence-corrected chi connectivity index (χ3v) is 4.28. The molecule has 0 bridgehead atoms. The van der Waals surface area contributed by atoms with Crippen LogP contribution in [0.3, 0.4) is 0 Å². The summed E-state index contributed by atoms with van der Waals surface area (Å²) in [5, 5.41) is 9.56. The zero-order valence-corrected chi connectivity index (χ0v) is 12.3. The lowest BCUT2D eigenvalue weighted by Gasteiger charge is -2.33. The van der Waals surface area contributed by atoms with E-state index in [9.17, 15) is 5.11 Å². The summed E-state index contributed by atoms with van der Waals surface area (Å²) < 4.78 is 0. The van der Waals surface area contributed by atoms with Gasteiger partial charge in [0.2, 0.25) is 0 Å². The van der Waals surface area contributed by atoms with E-state index in [4.69, 9.17) is 0 Å². The quantitative estimate of drug-likeness (QED) is 0.878. The average molecular weight is 261 g/mol. The van der Waals surface area contributed by atoms with Gasteiger partial charge in [-0.2, -0.15) is 0 Å². The predicted octanol–water partition coefficient (Wildman–Crippen LogP) is 3.37. The first-order valence-corrected chi connectivity index (χ1v) is 7.65. The number of aliphatic hydroxyl groups excluding tert-OH is 1. The fourth-order valence-corrected chi connectivity index (χ4v) is 3.02. The lowest BCUT2D eigenvalue weighted by atomic mass is 9.92. The maximum atomic E-state index is 9.56. The summed E-state index contributed by atoms with van der Waals surface area (Å²) in [4.78, 5) is 2.45. The zero-order valence-electron chi connectivity index (χ0n) is 12.3. The molecule has 0 aliphatic heterocycles. The van der Waals surface area contributed by atoms with Crippen LogP contribution in [-0.2, 0) is 13.0 Å². The molecule has 19 heavy (non-hydrogen) atoms. The Hall–Kier alpha value is -0.860. The number of benzene rings is 1. The summed E-state index contributed by atoms with van der Waals surface area (Å²) in [6.07, 6.45) is 6.52. The van der Waals surface area contributed by atoms with E-state index in [1.165, 1.54) is 24.0 Å². The molecule has 0 amide bonds. The Balaban J connectivity index is 1.86. The second-order valence-corrected chi connectivity index (χ2v) is 5.94. The van der Waals surface area contributed by atoms with Crippen molar-refractivity contribution in [2.45, 2.75) is 64.1 Å². The Labute approximate surface area is 117 Å². The topological polar surface area (TPSA) is 23.5 Å². The van der Waals surface area contributed by atoms with E-state index in [-0.39, 0.29) is 6.10 Å². The van der Waals surface area contributed by atoms with Gasteiger partial charge in [-0.15, -0.1) is 0 Å². The molecular formula is C17H27NO. The first kappa shape index (κ1) is 14.5. The van der Waals surface area contributed by atoms with Crippen molar-refractivity contribution in [1.82, 2.24) is 4.90 Å². The standard InChI is InChI=1S/C17H27NO/c1-3-4-14-5-7-15(8-6-14)13-18(2)16-9-11-17(19)12-10-16/h5-8,16-17,19H,3-4,9-13H2,1-2H3. The molecule has 1 fully saturated rings. The van der Waals surface area contributed by atoms with Gasteiger partial charge in [-0.3, -0.25) is 4.90 Å². The molecule has 0 heterocycles. The summed E-state index contributed by atoms with van der Waals surface area (Å²) in [5.74, 6) is 0. The van der Waals surface area contributed by atoms with E-state index < -0.39 is 0 Å². The van der Waals surface area contributed by atoms with Gasteiger partial charge in [-0.25, -0.2) is 0 Å². The van der Waals surface area contributed by atoms with Crippen LogP contribution in [0.1, 0.15) is 50.2 Å².